The number of carboxylic acids is 1. The minimum atomic E-state index is -0.855. The monoisotopic (exact) mass is 512 g/mol. The van der Waals surface area contributed by atoms with Gasteiger partial charge in [0.25, 0.3) is 0 Å². The van der Waals surface area contributed by atoms with Crippen molar-refractivity contribution in [3.63, 3.8) is 0 Å². The van der Waals surface area contributed by atoms with E-state index in [9.17, 15) is 14.3 Å². The molecule has 3 atom stereocenters. The lowest BCUT2D eigenvalue weighted by Crippen LogP contribution is -2.45. The number of halogens is 2. The van der Waals surface area contributed by atoms with Crippen LogP contribution in [-0.2, 0) is 11.2 Å². The van der Waals surface area contributed by atoms with Gasteiger partial charge in [-0.2, -0.15) is 0 Å². The number of rotatable bonds is 11. The highest BCUT2D eigenvalue weighted by Crippen LogP contribution is 2.50. The van der Waals surface area contributed by atoms with Crippen molar-refractivity contribution in [2.75, 3.05) is 40.0 Å². The first-order chi connectivity index (χ1) is 17.7. The van der Waals surface area contributed by atoms with Gasteiger partial charge in [-0.1, -0.05) is 31.2 Å². The van der Waals surface area contributed by atoms with Gasteiger partial charge in [0.2, 0.25) is 0 Å². The molecule has 0 amide bonds. The van der Waals surface area contributed by atoms with E-state index in [1.165, 1.54) is 22.8 Å². The molecule has 0 aromatic heterocycles. The van der Waals surface area contributed by atoms with Gasteiger partial charge in [0.05, 0.1) is 18.6 Å². The van der Waals surface area contributed by atoms with Crippen molar-refractivity contribution in [3.8, 4) is 5.75 Å². The molecule has 2 aliphatic rings. The summed E-state index contributed by atoms with van der Waals surface area (Å²) in [5.41, 5.74) is 6.17. The van der Waals surface area contributed by atoms with E-state index in [2.05, 4.69) is 24.0 Å². The van der Waals surface area contributed by atoms with E-state index < -0.39 is 11.9 Å². The summed E-state index contributed by atoms with van der Waals surface area (Å²) in [6.45, 7) is 7.40. The first-order valence-corrected chi connectivity index (χ1v) is 13.2. The fourth-order valence-corrected chi connectivity index (χ4v) is 5.76. The number of aliphatic carboxylic acids is 1. The van der Waals surface area contributed by atoms with E-state index in [4.69, 9.17) is 4.74 Å². The Morgan fingerprint density at radius 3 is 2.73 bits per heavy atom. The summed E-state index contributed by atoms with van der Waals surface area (Å²) in [6, 6.07) is 11.1. The predicted molar refractivity (Wildman–Crippen MR) is 142 cm³/mol. The first kappa shape index (κ1) is 27.3. The predicted octanol–water partition coefficient (Wildman–Crippen LogP) is 5.67. The van der Waals surface area contributed by atoms with Crippen LogP contribution < -0.4 is 4.74 Å². The van der Waals surface area contributed by atoms with Gasteiger partial charge in [-0.15, -0.1) is 0 Å². The van der Waals surface area contributed by atoms with E-state index in [0.717, 1.165) is 24.0 Å². The highest BCUT2D eigenvalue weighted by molar-refractivity contribution is 5.79. The topological polar surface area (TPSA) is 53.0 Å². The number of nitrogens with zero attached hydrogens (tertiary/aromatic N) is 2. The fraction of sp³-hybridized carbons (Fsp3) is 0.500. The molecule has 0 fully saturated rings. The third kappa shape index (κ3) is 5.73. The largest absolute Gasteiger partial charge is 0.492 e. The minimum absolute atomic E-state index is 0.0456. The van der Waals surface area contributed by atoms with Crippen LogP contribution in [0.15, 0.2) is 42.0 Å². The number of hydrogen-bond acceptors (Lipinski definition) is 4. The molecule has 1 aliphatic heterocycles. The summed E-state index contributed by atoms with van der Waals surface area (Å²) in [7, 11) is 1.93. The fourth-order valence-electron chi connectivity index (χ4n) is 5.76. The molecule has 4 rings (SSSR count). The normalized spacial score (nSPS) is 20.2. The third-order valence-electron chi connectivity index (χ3n) is 7.83. The summed E-state index contributed by atoms with van der Waals surface area (Å²) in [5, 5.41) is 9.68. The zero-order chi connectivity index (χ0) is 26.7. The molecule has 0 bridgehead atoms. The SMILES string of the molecule is Cc1c(OCCN(C)CCCF)ccc(F)c1[C@@H]1C2=C(C[C@@H](C)N1C[C@H](C)C(=O)O)c1ccccc1C2. The maximum absolute atomic E-state index is 15.7. The summed E-state index contributed by atoms with van der Waals surface area (Å²) in [5.74, 6) is -1.12. The van der Waals surface area contributed by atoms with Gasteiger partial charge >= 0.3 is 5.97 Å². The molecule has 1 N–H and O–H groups in total. The number of benzene rings is 2. The maximum Gasteiger partial charge on any atom is 0.307 e. The Hall–Kier alpha value is -2.77. The number of fused-ring (bicyclic) bond motifs is 2. The quantitative estimate of drug-likeness (QED) is 0.421. The van der Waals surface area contributed by atoms with Gasteiger partial charge in [-0.25, -0.2) is 4.39 Å². The van der Waals surface area contributed by atoms with Crippen LogP contribution >= 0.6 is 0 Å². The maximum atomic E-state index is 15.7. The molecule has 0 saturated heterocycles. The second-order valence-electron chi connectivity index (χ2n) is 10.5. The van der Waals surface area contributed by atoms with Gasteiger partial charge in [-0.3, -0.25) is 14.1 Å². The van der Waals surface area contributed by atoms with Crippen molar-refractivity contribution in [2.45, 2.75) is 52.1 Å². The van der Waals surface area contributed by atoms with Crippen LogP contribution in [0.2, 0.25) is 0 Å². The van der Waals surface area contributed by atoms with Gasteiger partial charge in [0.15, 0.2) is 0 Å². The van der Waals surface area contributed by atoms with Crippen LogP contribution in [0.5, 0.6) is 5.75 Å². The summed E-state index contributed by atoms with van der Waals surface area (Å²) >= 11 is 0. The van der Waals surface area contributed by atoms with Crippen molar-refractivity contribution >= 4 is 11.5 Å². The Morgan fingerprint density at radius 2 is 2.00 bits per heavy atom. The summed E-state index contributed by atoms with van der Waals surface area (Å²) in [6.07, 6.45) is 2.02. The van der Waals surface area contributed by atoms with E-state index in [-0.39, 0.29) is 24.6 Å². The summed E-state index contributed by atoms with van der Waals surface area (Å²) < 4.78 is 34.3. The average molecular weight is 513 g/mol. The third-order valence-corrected chi connectivity index (χ3v) is 7.83. The van der Waals surface area contributed by atoms with Crippen LogP contribution in [0.25, 0.3) is 5.57 Å². The number of alkyl halides is 1. The van der Waals surface area contributed by atoms with E-state index in [1.807, 2.05) is 31.0 Å². The number of hydrogen-bond donors (Lipinski definition) is 1. The number of carbonyl (C=O) groups is 1. The van der Waals surface area contributed by atoms with Gasteiger partial charge in [0.1, 0.15) is 18.2 Å². The lowest BCUT2D eigenvalue weighted by atomic mass is 9.83. The Kier molecular flexibility index (Phi) is 8.65. The Labute approximate surface area is 218 Å². The van der Waals surface area contributed by atoms with Crippen LogP contribution in [0.4, 0.5) is 8.78 Å². The van der Waals surface area contributed by atoms with Gasteiger partial charge in [0, 0.05) is 31.2 Å². The highest BCUT2D eigenvalue weighted by atomic mass is 19.1. The number of ether oxygens (including phenoxy) is 1. The lowest BCUT2D eigenvalue weighted by Gasteiger charge is -2.43. The smallest absolute Gasteiger partial charge is 0.307 e. The van der Waals surface area contributed by atoms with E-state index in [0.29, 0.717) is 44.0 Å². The lowest BCUT2D eigenvalue weighted by molar-refractivity contribution is -0.142. The average Bonchev–Trinajstić information content (AvgIpc) is 3.23. The zero-order valence-corrected chi connectivity index (χ0v) is 22.3. The second-order valence-corrected chi connectivity index (χ2v) is 10.5. The van der Waals surface area contributed by atoms with Crippen molar-refractivity contribution in [3.05, 3.63) is 70.0 Å². The van der Waals surface area contributed by atoms with Gasteiger partial charge < -0.3 is 14.7 Å². The van der Waals surface area contributed by atoms with E-state index in [1.54, 1.807) is 13.0 Å². The standard InChI is InChI=1S/C30H38F2N2O3/c1-19(30(35)36)18-34-20(2)16-24-23-9-6-5-8-22(23)17-25(24)29(34)28-21(3)27(11-10-26(28)32)37-15-14-33(4)13-7-12-31/h5-6,8-11,19-20,29H,7,12-18H2,1-4H3,(H,35,36)/t19-,20+,29-/m0/s1. The summed E-state index contributed by atoms with van der Waals surface area (Å²) in [4.78, 5) is 16.0. The van der Waals surface area contributed by atoms with Crippen LogP contribution in [0.3, 0.4) is 0 Å². The Balaban J connectivity index is 1.71. The molecule has 0 saturated carbocycles. The van der Waals surface area contributed by atoms with Gasteiger partial charge in [-0.05, 0) is 80.1 Å². The van der Waals surface area contributed by atoms with Crippen LogP contribution in [0.1, 0.15) is 55.0 Å². The van der Waals surface area contributed by atoms with Crippen LogP contribution in [0, 0.1) is 18.7 Å². The molecule has 0 spiro atoms. The molecule has 2 aromatic carbocycles. The Morgan fingerprint density at radius 1 is 1.24 bits per heavy atom. The number of carboxylic acid groups (broad SMARTS) is 1. The second kappa shape index (κ2) is 11.7. The highest BCUT2D eigenvalue weighted by Gasteiger charge is 2.41. The van der Waals surface area contributed by atoms with E-state index >= 15 is 4.39 Å². The molecule has 1 heterocycles. The molecule has 200 valence electrons. The molecular formula is C30H38F2N2O3. The minimum Gasteiger partial charge on any atom is -0.492 e. The molecule has 0 unspecified atom stereocenters. The molecule has 37 heavy (non-hydrogen) atoms. The molecule has 7 heteroatoms. The zero-order valence-electron chi connectivity index (χ0n) is 22.3. The molecule has 1 aliphatic carbocycles. The molecule has 2 aromatic rings. The van der Waals surface area contributed by atoms with Crippen LogP contribution in [-0.4, -0.2) is 66.9 Å². The Bertz CT molecular complexity index is 1170. The first-order valence-electron chi connectivity index (χ1n) is 13.2. The molecule has 0 radical (unpaired) electrons. The molecular weight excluding hydrogens is 474 g/mol. The van der Waals surface area contributed by atoms with Crippen molar-refractivity contribution in [2.24, 2.45) is 5.92 Å². The van der Waals surface area contributed by atoms with Crippen molar-refractivity contribution in [1.82, 2.24) is 9.80 Å². The number of likely N-dealkylation sites (N-methyl/N-ethyl adjacent to an activating group) is 1. The van der Waals surface area contributed by atoms with Crippen molar-refractivity contribution in [1.29, 1.82) is 0 Å². The molecule has 5 nitrogen and oxygen atoms in total. The van der Waals surface area contributed by atoms with Crippen molar-refractivity contribution < 1.29 is 23.4 Å².